The van der Waals surface area contributed by atoms with Crippen LogP contribution in [0.5, 0.6) is 0 Å². The van der Waals surface area contributed by atoms with Gasteiger partial charge in [-0.3, -0.25) is 4.79 Å². The second-order valence-corrected chi connectivity index (χ2v) is 7.74. The van der Waals surface area contributed by atoms with Gasteiger partial charge < -0.3 is 5.32 Å². The average Bonchev–Trinajstić information content (AvgIpc) is 3.21. The van der Waals surface area contributed by atoms with Gasteiger partial charge in [0.25, 0.3) is 0 Å². The largest absolute Gasteiger partial charge is 0.310 e. The number of carbonyl (C=O) groups excluding carboxylic acids is 1. The summed E-state index contributed by atoms with van der Waals surface area (Å²) in [6.45, 7) is 3.80. The average molecular weight is 438 g/mol. The van der Waals surface area contributed by atoms with Crippen LogP contribution in [0, 0.1) is 13.8 Å². The van der Waals surface area contributed by atoms with Gasteiger partial charge in [0.05, 0.1) is 5.69 Å². The summed E-state index contributed by atoms with van der Waals surface area (Å²) in [6.07, 6.45) is 0.382. The number of benzene rings is 1. The van der Waals surface area contributed by atoms with E-state index in [0.29, 0.717) is 29.5 Å². The number of rotatable bonds is 2. The van der Waals surface area contributed by atoms with E-state index >= 15 is 0 Å². The van der Waals surface area contributed by atoms with Gasteiger partial charge in [-0.15, -0.1) is 15.3 Å². The van der Waals surface area contributed by atoms with Crippen LogP contribution in [0.25, 0.3) is 11.5 Å². The van der Waals surface area contributed by atoms with Crippen molar-refractivity contribution < 1.29 is 4.79 Å². The summed E-state index contributed by atoms with van der Waals surface area (Å²) in [6, 6.07) is 11.7. The SMILES string of the molecule is Cc1nn(-c2ccc3nnc(C)n3n2)c2c1[C@H](c1cccc(Br)c1)CC(=O)N2. The standard InChI is InChI=1S/C19H16BrN7O/c1-10-18-14(12-4-3-5-13(20)8-12)9-17(28)21-19(18)27(24-10)16-7-6-15-23-22-11(2)26(15)25-16/h3-8,14H,9H2,1-2H3,(H,21,28)/t14-/m0/s1. The van der Waals surface area contributed by atoms with Crippen molar-refractivity contribution >= 4 is 33.3 Å². The first kappa shape index (κ1) is 17.1. The van der Waals surface area contributed by atoms with Crippen molar-refractivity contribution in [1.82, 2.24) is 29.6 Å². The predicted octanol–water partition coefficient (Wildman–Crippen LogP) is 3.16. The Balaban J connectivity index is 1.69. The molecule has 0 saturated carbocycles. The molecular weight excluding hydrogens is 422 g/mol. The number of hydrogen-bond acceptors (Lipinski definition) is 5. The zero-order valence-electron chi connectivity index (χ0n) is 15.2. The Kier molecular flexibility index (Phi) is 3.80. The highest BCUT2D eigenvalue weighted by Gasteiger charge is 2.33. The summed E-state index contributed by atoms with van der Waals surface area (Å²) in [5.41, 5.74) is 3.61. The van der Waals surface area contributed by atoms with Crippen LogP contribution < -0.4 is 5.32 Å². The topological polar surface area (TPSA) is 90.0 Å². The van der Waals surface area contributed by atoms with Crippen molar-refractivity contribution in [3.8, 4) is 5.82 Å². The molecule has 1 N–H and O–H groups in total. The molecule has 4 aromatic rings. The van der Waals surface area contributed by atoms with Gasteiger partial charge in [0.2, 0.25) is 5.91 Å². The molecule has 0 radical (unpaired) electrons. The molecule has 1 amide bonds. The highest BCUT2D eigenvalue weighted by atomic mass is 79.9. The van der Waals surface area contributed by atoms with Crippen molar-refractivity contribution in [1.29, 1.82) is 0 Å². The van der Waals surface area contributed by atoms with Crippen molar-refractivity contribution in [2.75, 3.05) is 5.32 Å². The zero-order chi connectivity index (χ0) is 19.4. The molecule has 3 aromatic heterocycles. The van der Waals surface area contributed by atoms with Gasteiger partial charge in [0, 0.05) is 22.4 Å². The molecule has 1 aromatic carbocycles. The second kappa shape index (κ2) is 6.23. The second-order valence-electron chi connectivity index (χ2n) is 6.83. The third-order valence-electron chi connectivity index (χ3n) is 4.98. The van der Waals surface area contributed by atoms with E-state index < -0.39 is 0 Å². The molecule has 0 unspecified atom stereocenters. The lowest BCUT2D eigenvalue weighted by Gasteiger charge is -2.24. The molecular formula is C19H16BrN7O. The van der Waals surface area contributed by atoms with Crippen LogP contribution in [-0.4, -0.2) is 35.5 Å². The van der Waals surface area contributed by atoms with Crippen LogP contribution >= 0.6 is 15.9 Å². The molecule has 0 spiro atoms. The third-order valence-corrected chi connectivity index (χ3v) is 5.47. The van der Waals surface area contributed by atoms with Crippen LogP contribution in [0.15, 0.2) is 40.9 Å². The van der Waals surface area contributed by atoms with E-state index in [1.807, 2.05) is 44.2 Å². The van der Waals surface area contributed by atoms with E-state index in [1.165, 1.54) is 0 Å². The predicted molar refractivity (Wildman–Crippen MR) is 107 cm³/mol. The fraction of sp³-hybridized carbons (Fsp3) is 0.211. The Labute approximate surface area is 168 Å². The van der Waals surface area contributed by atoms with Gasteiger partial charge in [-0.1, -0.05) is 28.1 Å². The monoisotopic (exact) mass is 437 g/mol. The smallest absolute Gasteiger partial charge is 0.226 e. The van der Waals surface area contributed by atoms with E-state index in [0.717, 1.165) is 21.3 Å². The normalized spacial score (nSPS) is 16.2. The lowest BCUT2D eigenvalue weighted by Crippen LogP contribution is -2.25. The molecule has 5 rings (SSSR count). The van der Waals surface area contributed by atoms with Gasteiger partial charge in [-0.25, -0.2) is 0 Å². The molecule has 140 valence electrons. The maximum Gasteiger partial charge on any atom is 0.226 e. The maximum absolute atomic E-state index is 12.5. The summed E-state index contributed by atoms with van der Waals surface area (Å²) in [4.78, 5) is 12.5. The number of amides is 1. The highest BCUT2D eigenvalue weighted by molar-refractivity contribution is 9.10. The van der Waals surface area contributed by atoms with Crippen molar-refractivity contribution in [2.24, 2.45) is 0 Å². The number of nitrogens with zero attached hydrogens (tertiary/aromatic N) is 6. The van der Waals surface area contributed by atoms with Crippen molar-refractivity contribution in [2.45, 2.75) is 26.2 Å². The molecule has 4 heterocycles. The lowest BCUT2D eigenvalue weighted by atomic mass is 9.86. The molecule has 0 bridgehead atoms. The fourth-order valence-corrected chi connectivity index (χ4v) is 4.14. The van der Waals surface area contributed by atoms with Crippen LogP contribution in [0.4, 0.5) is 5.82 Å². The molecule has 1 aliphatic rings. The van der Waals surface area contributed by atoms with E-state index in [-0.39, 0.29) is 11.8 Å². The van der Waals surface area contributed by atoms with Crippen molar-refractivity contribution in [3.05, 3.63) is 63.5 Å². The van der Waals surface area contributed by atoms with Crippen LogP contribution in [-0.2, 0) is 4.79 Å². The Morgan fingerprint density at radius 1 is 1.14 bits per heavy atom. The number of aromatic nitrogens is 6. The van der Waals surface area contributed by atoms with Gasteiger partial charge in [-0.05, 0) is 43.7 Å². The zero-order valence-corrected chi connectivity index (χ0v) is 16.8. The van der Waals surface area contributed by atoms with E-state index in [9.17, 15) is 4.79 Å². The van der Waals surface area contributed by atoms with Gasteiger partial charge >= 0.3 is 0 Å². The third kappa shape index (κ3) is 2.62. The molecule has 9 heteroatoms. The lowest BCUT2D eigenvalue weighted by molar-refractivity contribution is -0.116. The minimum atomic E-state index is -0.0598. The van der Waals surface area contributed by atoms with Crippen LogP contribution in [0.3, 0.4) is 0 Å². The van der Waals surface area contributed by atoms with E-state index in [2.05, 4.69) is 47.7 Å². The first-order valence-electron chi connectivity index (χ1n) is 8.85. The number of nitrogens with one attached hydrogen (secondary N) is 1. The van der Waals surface area contributed by atoms with Crippen molar-refractivity contribution in [3.63, 3.8) is 0 Å². The number of aryl methyl sites for hydroxylation is 2. The minimum absolute atomic E-state index is 0.0415. The first-order chi connectivity index (χ1) is 13.5. The van der Waals surface area contributed by atoms with E-state index in [4.69, 9.17) is 0 Å². The summed E-state index contributed by atoms with van der Waals surface area (Å²) in [5, 5.41) is 20.4. The number of halogens is 1. The van der Waals surface area contributed by atoms with Gasteiger partial charge in [0.15, 0.2) is 17.3 Å². The minimum Gasteiger partial charge on any atom is -0.310 e. The molecule has 0 saturated heterocycles. The number of carbonyl (C=O) groups is 1. The molecule has 8 nitrogen and oxygen atoms in total. The molecule has 0 aliphatic carbocycles. The number of fused-ring (bicyclic) bond motifs is 2. The highest BCUT2D eigenvalue weighted by Crippen LogP contribution is 2.40. The summed E-state index contributed by atoms with van der Waals surface area (Å²) >= 11 is 3.52. The van der Waals surface area contributed by atoms with Gasteiger partial charge in [0.1, 0.15) is 5.82 Å². The summed E-state index contributed by atoms with van der Waals surface area (Å²) in [5.74, 6) is 1.84. The van der Waals surface area contributed by atoms with Crippen LogP contribution in [0.1, 0.15) is 35.0 Å². The van der Waals surface area contributed by atoms with Crippen LogP contribution in [0.2, 0.25) is 0 Å². The Morgan fingerprint density at radius 3 is 2.82 bits per heavy atom. The molecule has 28 heavy (non-hydrogen) atoms. The Bertz CT molecular complexity index is 1240. The fourth-order valence-electron chi connectivity index (χ4n) is 3.72. The maximum atomic E-state index is 12.5. The quantitative estimate of drug-likeness (QED) is 0.519. The summed E-state index contributed by atoms with van der Waals surface area (Å²) in [7, 11) is 0. The molecule has 0 fully saturated rings. The first-order valence-corrected chi connectivity index (χ1v) is 9.65. The van der Waals surface area contributed by atoms with Gasteiger partial charge in [-0.2, -0.15) is 14.3 Å². The molecule has 1 atom stereocenters. The van der Waals surface area contributed by atoms with E-state index in [1.54, 1.807) is 9.20 Å². The Morgan fingerprint density at radius 2 is 2.00 bits per heavy atom. The summed E-state index contributed by atoms with van der Waals surface area (Å²) < 4.78 is 4.33. The number of hydrogen-bond donors (Lipinski definition) is 1. The number of anilines is 1. The molecule has 1 aliphatic heterocycles. The Hall–Kier alpha value is -3.07.